The minimum atomic E-state index is -0.434. The van der Waals surface area contributed by atoms with Gasteiger partial charge in [-0.05, 0) is 40.5 Å². The van der Waals surface area contributed by atoms with Crippen LogP contribution in [0.1, 0.15) is 72.6 Å². The maximum absolute atomic E-state index is 11.7. The SMILES string of the molecule is CC(CNC1CCCCCCC1)NC(=O)OC(C)(C)C. The summed E-state index contributed by atoms with van der Waals surface area (Å²) in [6.45, 7) is 8.46. The quantitative estimate of drug-likeness (QED) is 0.829. The van der Waals surface area contributed by atoms with Gasteiger partial charge in [-0.25, -0.2) is 4.79 Å². The highest BCUT2D eigenvalue weighted by Crippen LogP contribution is 2.17. The van der Waals surface area contributed by atoms with E-state index in [4.69, 9.17) is 4.74 Å². The van der Waals surface area contributed by atoms with Crippen molar-refractivity contribution in [3.05, 3.63) is 0 Å². The molecule has 1 aliphatic rings. The Balaban J connectivity index is 2.21. The van der Waals surface area contributed by atoms with Crippen molar-refractivity contribution in [2.24, 2.45) is 0 Å². The molecule has 0 aromatic heterocycles. The van der Waals surface area contributed by atoms with Crippen LogP contribution in [0.4, 0.5) is 4.79 Å². The molecule has 118 valence electrons. The van der Waals surface area contributed by atoms with Gasteiger partial charge >= 0.3 is 6.09 Å². The lowest BCUT2D eigenvalue weighted by atomic mass is 9.96. The van der Waals surface area contributed by atoms with Crippen molar-refractivity contribution in [1.29, 1.82) is 0 Å². The minimum absolute atomic E-state index is 0.0929. The molecular formula is C16H32N2O2. The van der Waals surface area contributed by atoms with Gasteiger partial charge in [-0.2, -0.15) is 0 Å². The first-order valence-electron chi connectivity index (χ1n) is 8.10. The molecule has 0 aromatic rings. The van der Waals surface area contributed by atoms with E-state index < -0.39 is 5.60 Å². The van der Waals surface area contributed by atoms with Crippen LogP contribution >= 0.6 is 0 Å². The summed E-state index contributed by atoms with van der Waals surface area (Å²) in [5, 5.41) is 6.47. The van der Waals surface area contributed by atoms with Crippen LogP contribution in [-0.2, 0) is 4.74 Å². The maximum Gasteiger partial charge on any atom is 0.407 e. The molecule has 20 heavy (non-hydrogen) atoms. The van der Waals surface area contributed by atoms with E-state index in [1.807, 2.05) is 27.7 Å². The normalized spacial score (nSPS) is 19.8. The first-order chi connectivity index (χ1) is 9.37. The summed E-state index contributed by atoms with van der Waals surface area (Å²) in [6, 6.07) is 0.702. The number of carbonyl (C=O) groups is 1. The zero-order chi connectivity index (χ0) is 15.0. The van der Waals surface area contributed by atoms with E-state index in [-0.39, 0.29) is 12.1 Å². The van der Waals surface area contributed by atoms with Gasteiger partial charge in [-0.3, -0.25) is 0 Å². The van der Waals surface area contributed by atoms with Crippen molar-refractivity contribution in [3.63, 3.8) is 0 Å². The van der Waals surface area contributed by atoms with E-state index in [0.717, 1.165) is 6.54 Å². The van der Waals surface area contributed by atoms with Crippen LogP contribution < -0.4 is 10.6 Å². The van der Waals surface area contributed by atoms with Gasteiger partial charge in [-0.1, -0.05) is 32.1 Å². The smallest absolute Gasteiger partial charge is 0.407 e. The number of hydrogen-bond acceptors (Lipinski definition) is 3. The molecule has 1 saturated carbocycles. The highest BCUT2D eigenvalue weighted by atomic mass is 16.6. The largest absolute Gasteiger partial charge is 0.444 e. The fourth-order valence-corrected chi connectivity index (χ4v) is 2.56. The van der Waals surface area contributed by atoms with Gasteiger partial charge in [0, 0.05) is 18.6 Å². The Morgan fingerprint density at radius 1 is 1.15 bits per heavy atom. The topological polar surface area (TPSA) is 50.4 Å². The third-order valence-corrected chi connectivity index (χ3v) is 3.58. The lowest BCUT2D eigenvalue weighted by Gasteiger charge is -2.25. The molecule has 1 amide bonds. The van der Waals surface area contributed by atoms with E-state index >= 15 is 0 Å². The molecule has 0 spiro atoms. The Morgan fingerprint density at radius 3 is 2.25 bits per heavy atom. The van der Waals surface area contributed by atoms with Crippen molar-refractivity contribution in [2.75, 3.05) is 6.54 Å². The second-order valence-corrected chi connectivity index (χ2v) is 7.00. The van der Waals surface area contributed by atoms with Gasteiger partial charge in [0.1, 0.15) is 5.60 Å². The molecule has 0 radical (unpaired) electrons. The fourth-order valence-electron chi connectivity index (χ4n) is 2.56. The predicted octanol–water partition coefficient (Wildman–Crippen LogP) is 3.60. The summed E-state index contributed by atoms with van der Waals surface area (Å²) in [7, 11) is 0. The average molecular weight is 284 g/mol. The molecule has 1 atom stereocenters. The Labute approximate surface area is 124 Å². The second kappa shape index (κ2) is 8.50. The Morgan fingerprint density at radius 2 is 1.70 bits per heavy atom. The summed E-state index contributed by atoms with van der Waals surface area (Å²) in [5.74, 6) is 0. The maximum atomic E-state index is 11.7. The number of carbonyl (C=O) groups excluding carboxylic acids is 1. The van der Waals surface area contributed by atoms with Gasteiger partial charge in [0.25, 0.3) is 0 Å². The molecule has 4 nitrogen and oxygen atoms in total. The van der Waals surface area contributed by atoms with Crippen LogP contribution in [0.3, 0.4) is 0 Å². The summed E-state index contributed by atoms with van der Waals surface area (Å²) in [5.41, 5.74) is -0.434. The summed E-state index contributed by atoms with van der Waals surface area (Å²) < 4.78 is 5.26. The summed E-state index contributed by atoms with van der Waals surface area (Å²) in [6.07, 6.45) is 8.97. The van der Waals surface area contributed by atoms with Gasteiger partial charge in [0.05, 0.1) is 0 Å². The van der Waals surface area contributed by atoms with Gasteiger partial charge < -0.3 is 15.4 Å². The van der Waals surface area contributed by atoms with E-state index in [1.54, 1.807) is 0 Å². The van der Waals surface area contributed by atoms with Crippen molar-refractivity contribution in [3.8, 4) is 0 Å². The molecule has 0 aromatic carbocycles. The highest BCUT2D eigenvalue weighted by Gasteiger charge is 2.18. The molecule has 1 rings (SSSR count). The first-order valence-corrected chi connectivity index (χ1v) is 8.10. The molecule has 0 saturated heterocycles. The van der Waals surface area contributed by atoms with Crippen molar-refractivity contribution < 1.29 is 9.53 Å². The average Bonchev–Trinajstić information content (AvgIpc) is 2.24. The molecule has 0 bridgehead atoms. The lowest BCUT2D eigenvalue weighted by molar-refractivity contribution is 0.0507. The fraction of sp³-hybridized carbons (Fsp3) is 0.938. The number of ether oxygens (including phenoxy) is 1. The number of hydrogen-bond donors (Lipinski definition) is 2. The predicted molar refractivity (Wildman–Crippen MR) is 82.9 cm³/mol. The van der Waals surface area contributed by atoms with E-state index in [0.29, 0.717) is 6.04 Å². The van der Waals surface area contributed by atoms with E-state index in [2.05, 4.69) is 10.6 Å². The van der Waals surface area contributed by atoms with Gasteiger partial charge in [0.2, 0.25) is 0 Å². The third-order valence-electron chi connectivity index (χ3n) is 3.58. The summed E-state index contributed by atoms with van der Waals surface area (Å²) in [4.78, 5) is 11.7. The number of alkyl carbamates (subject to hydrolysis) is 1. The van der Waals surface area contributed by atoms with Crippen molar-refractivity contribution >= 4 is 6.09 Å². The van der Waals surface area contributed by atoms with Gasteiger partial charge in [0.15, 0.2) is 0 Å². The molecule has 1 unspecified atom stereocenters. The molecule has 4 heteroatoms. The zero-order valence-electron chi connectivity index (χ0n) is 13.6. The zero-order valence-corrected chi connectivity index (χ0v) is 13.6. The molecule has 1 aliphatic carbocycles. The number of rotatable bonds is 4. The number of amides is 1. The van der Waals surface area contributed by atoms with Crippen LogP contribution in [0.15, 0.2) is 0 Å². The molecule has 0 heterocycles. The van der Waals surface area contributed by atoms with Gasteiger partial charge in [-0.15, -0.1) is 0 Å². The number of nitrogens with one attached hydrogen (secondary N) is 2. The molecule has 2 N–H and O–H groups in total. The first kappa shape index (κ1) is 17.3. The standard InChI is InChI=1S/C16H32N2O2/c1-13(18-15(19)20-16(2,3)4)12-17-14-10-8-6-5-7-9-11-14/h13-14,17H,5-12H2,1-4H3,(H,18,19). The highest BCUT2D eigenvalue weighted by molar-refractivity contribution is 5.68. The molecular weight excluding hydrogens is 252 g/mol. The van der Waals surface area contributed by atoms with Crippen LogP contribution in [0.2, 0.25) is 0 Å². The van der Waals surface area contributed by atoms with Crippen molar-refractivity contribution in [1.82, 2.24) is 10.6 Å². The van der Waals surface area contributed by atoms with Crippen LogP contribution in [0.5, 0.6) is 0 Å². The van der Waals surface area contributed by atoms with Crippen LogP contribution in [-0.4, -0.2) is 30.3 Å². The lowest BCUT2D eigenvalue weighted by Crippen LogP contribution is -2.45. The monoisotopic (exact) mass is 284 g/mol. The third kappa shape index (κ3) is 8.41. The van der Waals surface area contributed by atoms with Crippen molar-refractivity contribution in [2.45, 2.75) is 90.3 Å². The van der Waals surface area contributed by atoms with Crippen LogP contribution in [0.25, 0.3) is 0 Å². The Hall–Kier alpha value is -0.770. The molecule has 1 fully saturated rings. The van der Waals surface area contributed by atoms with E-state index in [1.165, 1.54) is 44.9 Å². The van der Waals surface area contributed by atoms with Crippen LogP contribution in [0, 0.1) is 0 Å². The van der Waals surface area contributed by atoms with E-state index in [9.17, 15) is 4.79 Å². The summed E-state index contributed by atoms with van der Waals surface area (Å²) >= 11 is 0. The Kier molecular flexibility index (Phi) is 7.35. The Bertz CT molecular complexity index is 279. The molecule has 0 aliphatic heterocycles. The second-order valence-electron chi connectivity index (χ2n) is 7.00. The minimum Gasteiger partial charge on any atom is -0.444 e.